The van der Waals surface area contributed by atoms with Crippen LogP contribution in [0.5, 0.6) is 0 Å². The fourth-order valence-corrected chi connectivity index (χ4v) is 2.43. The Balaban J connectivity index is 1.96. The lowest BCUT2D eigenvalue weighted by Crippen LogP contribution is -2.41. The zero-order chi connectivity index (χ0) is 15.5. The highest BCUT2D eigenvalue weighted by atomic mass is 19.4. The average molecular weight is 300 g/mol. The summed E-state index contributed by atoms with van der Waals surface area (Å²) in [6, 6.07) is 5.20. The summed E-state index contributed by atoms with van der Waals surface area (Å²) in [5, 5.41) is 2.62. The molecule has 1 fully saturated rings. The topological polar surface area (TPSA) is 32.3 Å². The van der Waals surface area contributed by atoms with E-state index >= 15 is 0 Å². The number of hydrogen-bond acceptors (Lipinski definition) is 2. The Hall–Kier alpha value is -1.72. The minimum Gasteiger partial charge on any atom is -0.376 e. The molecule has 1 aliphatic heterocycles. The van der Waals surface area contributed by atoms with E-state index in [4.69, 9.17) is 0 Å². The Labute approximate surface area is 122 Å². The summed E-state index contributed by atoms with van der Waals surface area (Å²) in [5.74, 6) is 0.451. The van der Waals surface area contributed by atoms with E-state index in [0.29, 0.717) is 19.0 Å². The van der Waals surface area contributed by atoms with Crippen LogP contribution in [0.1, 0.15) is 25.3 Å². The van der Waals surface area contributed by atoms with E-state index in [9.17, 15) is 18.0 Å². The molecular weight excluding hydrogens is 281 g/mol. The molecule has 3 nitrogen and oxygen atoms in total. The summed E-state index contributed by atoms with van der Waals surface area (Å²) < 4.78 is 38.5. The van der Waals surface area contributed by atoms with Gasteiger partial charge in [-0.1, -0.05) is 19.1 Å². The lowest BCUT2D eigenvalue weighted by Gasteiger charge is -2.30. The first-order valence-corrected chi connectivity index (χ1v) is 7.06. The van der Waals surface area contributed by atoms with Crippen molar-refractivity contribution in [2.75, 3.05) is 25.0 Å². The highest BCUT2D eigenvalue weighted by Gasteiger charge is 2.33. The van der Waals surface area contributed by atoms with Gasteiger partial charge in [-0.15, -0.1) is 0 Å². The highest BCUT2D eigenvalue weighted by Crippen LogP contribution is 2.34. The molecule has 0 spiro atoms. The van der Waals surface area contributed by atoms with Gasteiger partial charge in [0.05, 0.1) is 12.1 Å². The molecule has 1 amide bonds. The van der Waals surface area contributed by atoms with Crippen LogP contribution >= 0.6 is 0 Å². The van der Waals surface area contributed by atoms with Crippen LogP contribution in [0.3, 0.4) is 0 Å². The number of carbonyl (C=O) groups excluding carboxylic acids is 1. The molecule has 0 unspecified atom stereocenters. The molecular formula is C15H19F3N2O. The van der Waals surface area contributed by atoms with Crippen LogP contribution in [0.2, 0.25) is 0 Å². The van der Waals surface area contributed by atoms with Crippen molar-refractivity contribution in [2.24, 2.45) is 5.92 Å². The van der Waals surface area contributed by atoms with Gasteiger partial charge in [-0.25, -0.2) is 0 Å². The normalized spacial score (nSPS) is 16.9. The molecule has 6 heteroatoms. The molecule has 21 heavy (non-hydrogen) atoms. The first kappa shape index (κ1) is 15.7. The largest absolute Gasteiger partial charge is 0.418 e. The molecule has 0 saturated carbocycles. The standard InChI is InChI=1S/C15H19F3N2O/c1-11-6-8-20(9-7-11)14(21)10-19-13-5-3-2-4-12(13)15(16,17)18/h2-5,11,19H,6-10H2,1H3. The number of piperidine rings is 1. The van der Waals surface area contributed by atoms with Crippen LogP contribution in [-0.4, -0.2) is 30.4 Å². The summed E-state index contributed by atoms with van der Waals surface area (Å²) in [6.45, 7) is 3.40. The molecule has 0 aromatic heterocycles. The Bertz CT molecular complexity index is 494. The summed E-state index contributed by atoms with van der Waals surface area (Å²) in [6.07, 6.45) is -2.52. The second kappa shape index (κ2) is 6.37. The molecule has 1 aliphatic rings. The highest BCUT2D eigenvalue weighted by molar-refractivity contribution is 5.81. The van der Waals surface area contributed by atoms with Crippen molar-refractivity contribution < 1.29 is 18.0 Å². The second-order valence-corrected chi connectivity index (χ2v) is 5.46. The lowest BCUT2D eigenvalue weighted by molar-refractivity contribution is -0.137. The molecule has 0 radical (unpaired) electrons. The van der Waals surface area contributed by atoms with E-state index in [0.717, 1.165) is 18.9 Å². The van der Waals surface area contributed by atoms with Crippen molar-refractivity contribution >= 4 is 11.6 Å². The number of alkyl halides is 3. The SMILES string of the molecule is CC1CCN(C(=O)CNc2ccccc2C(F)(F)F)CC1. The number of amides is 1. The minimum atomic E-state index is -4.42. The van der Waals surface area contributed by atoms with E-state index < -0.39 is 11.7 Å². The van der Waals surface area contributed by atoms with Gasteiger partial charge in [0.1, 0.15) is 0 Å². The van der Waals surface area contributed by atoms with Crippen molar-refractivity contribution in [1.82, 2.24) is 4.90 Å². The molecule has 1 aromatic carbocycles. The molecule has 0 atom stereocenters. The lowest BCUT2D eigenvalue weighted by atomic mass is 9.99. The average Bonchev–Trinajstić information content (AvgIpc) is 2.45. The van der Waals surface area contributed by atoms with Crippen molar-refractivity contribution in [3.8, 4) is 0 Å². The zero-order valence-electron chi connectivity index (χ0n) is 11.9. The summed E-state index contributed by atoms with van der Waals surface area (Å²) in [5.41, 5.74) is -0.797. The number of likely N-dealkylation sites (tertiary alicyclic amines) is 1. The second-order valence-electron chi connectivity index (χ2n) is 5.46. The molecule has 1 aromatic rings. The molecule has 1 N–H and O–H groups in total. The maximum atomic E-state index is 12.8. The number of para-hydroxylation sites is 1. The monoisotopic (exact) mass is 300 g/mol. The summed E-state index contributed by atoms with van der Waals surface area (Å²) >= 11 is 0. The maximum Gasteiger partial charge on any atom is 0.418 e. The van der Waals surface area contributed by atoms with Gasteiger partial charge in [0.2, 0.25) is 5.91 Å². The molecule has 0 aliphatic carbocycles. The van der Waals surface area contributed by atoms with Gasteiger partial charge >= 0.3 is 6.18 Å². The van der Waals surface area contributed by atoms with Gasteiger partial charge in [0.15, 0.2) is 0 Å². The van der Waals surface area contributed by atoms with Gasteiger partial charge in [-0.3, -0.25) is 4.79 Å². The minimum absolute atomic E-state index is 0.0521. The number of anilines is 1. The summed E-state index contributed by atoms with van der Waals surface area (Å²) in [4.78, 5) is 13.7. The van der Waals surface area contributed by atoms with Gasteiger partial charge in [-0.05, 0) is 30.9 Å². The Kier molecular flexibility index (Phi) is 4.75. The fourth-order valence-electron chi connectivity index (χ4n) is 2.43. The van der Waals surface area contributed by atoms with E-state index in [1.165, 1.54) is 18.2 Å². The van der Waals surface area contributed by atoms with Crippen LogP contribution in [-0.2, 0) is 11.0 Å². The van der Waals surface area contributed by atoms with Gasteiger partial charge in [0.25, 0.3) is 0 Å². The molecule has 1 heterocycles. The number of benzene rings is 1. The number of hydrogen-bond donors (Lipinski definition) is 1. The molecule has 0 bridgehead atoms. The summed E-state index contributed by atoms with van der Waals surface area (Å²) in [7, 11) is 0. The van der Waals surface area contributed by atoms with Crippen molar-refractivity contribution in [3.05, 3.63) is 29.8 Å². The molecule has 2 rings (SSSR count). The number of rotatable bonds is 3. The van der Waals surface area contributed by atoms with Crippen LogP contribution in [0, 0.1) is 5.92 Å². The maximum absolute atomic E-state index is 12.8. The van der Waals surface area contributed by atoms with Gasteiger partial charge in [-0.2, -0.15) is 13.2 Å². The van der Waals surface area contributed by atoms with Crippen molar-refractivity contribution in [3.63, 3.8) is 0 Å². The predicted octanol–water partition coefficient (Wildman–Crippen LogP) is 3.38. The number of nitrogens with one attached hydrogen (secondary N) is 1. The Morgan fingerprint density at radius 2 is 1.90 bits per heavy atom. The fraction of sp³-hybridized carbons (Fsp3) is 0.533. The first-order chi connectivity index (χ1) is 9.88. The third-order valence-corrected chi connectivity index (χ3v) is 3.80. The third kappa shape index (κ3) is 4.12. The number of halogens is 3. The molecule has 1 saturated heterocycles. The number of carbonyl (C=O) groups is 1. The van der Waals surface area contributed by atoms with Crippen molar-refractivity contribution in [1.29, 1.82) is 0 Å². The van der Waals surface area contributed by atoms with Crippen LogP contribution in [0.15, 0.2) is 24.3 Å². The van der Waals surface area contributed by atoms with Crippen LogP contribution in [0.25, 0.3) is 0 Å². The van der Waals surface area contributed by atoms with E-state index in [2.05, 4.69) is 12.2 Å². The first-order valence-electron chi connectivity index (χ1n) is 7.06. The van der Waals surface area contributed by atoms with Crippen LogP contribution in [0.4, 0.5) is 18.9 Å². The van der Waals surface area contributed by atoms with E-state index in [1.54, 1.807) is 4.90 Å². The zero-order valence-corrected chi connectivity index (χ0v) is 11.9. The van der Waals surface area contributed by atoms with Crippen molar-refractivity contribution in [2.45, 2.75) is 25.9 Å². The van der Waals surface area contributed by atoms with E-state index in [1.807, 2.05) is 0 Å². The Morgan fingerprint density at radius 1 is 1.29 bits per heavy atom. The smallest absolute Gasteiger partial charge is 0.376 e. The molecule has 116 valence electrons. The quantitative estimate of drug-likeness (QED) is 0.928. The number of nitrogens with zero attached hydrogens (tertiary/aromatic N) is 1. The van der Waals surface area contributed by atoms with Gasteiger partial charge < -0.3 is 10.2 Å². The predicted molar refractivity (Wildman–Crippen MR) is 74.9 cm³/mol. The van der Waals surface area contributed by atoms with E-state index in [-0.39, 0.29) is 18.1 Å². The third-order valence-electron chi connectivity index (χ3n) is 3.80. The Morgan fingerprint density at radius 3 is 2.52 bits per heavy atom. The van der Waals surface area contributed by atoms with Crippen LogP contribution < -0.4 is 5.32 Å². The van der Waals surface area contributed by atoms with Gasteiger partial charge in [0, 0.05) is 18.8 Å².